The summed E-state index contributed by atoms with van der Waals surface area (Å²) in [6.07, 6.45) is -8.79. The van der Waals surface area contributed by atoms with Crippen LogP contribution in [0, 0.1) is 0 Å². The normalized spacial score (nSPS) is 15.1. The Labute approximate surface area is 178 Å². The van der Waals surface area contributed by atoms with E-state index in [1.165, 1.54) is 0 Å². The summed E-state index contributed by atoms with van der Waals surface area (Å²) in [4.78, 5) is 23.7. The van der Waals surface area contributed by atoms with Gasteiger partial charge in [-0.1, -0.05) is 19.9 Å². The molecule has 0 fully saturated rings. The monoisotopic (exact) mass is 506 g/mol. The number of carbonyl (C=O) groups is 2. The molecule has 0 spiro atoms. The minimum Gasteiger partial charge on any atom is -0.461 e. The summed E-state index contributed by atoms with van der Waals surface area (Å²) < 4.78 is 136. The van der Waals surface area contributed by atoms with E-state index >= 15 is 0 Å². The Kier molecular flexibility index (Phi) is 10.1. The van der Waals surface area contributed by atoms with Crippen LogP contribution in [0.25, 0.3) is 0 Å². The number of carbonyl (C=O) groups excluding carboxylic acids is 2. The minimum absolute atomic E-state index is 0.102. The summed E-state index contributed by atoms with van der Waals surface area (Å²) in [7, 11) is -6.56. The summed E-state index contributed by atoms with van der Waals surface area (Å²) in [6, 6.07) is 0. The summed E-state index contributed by atoms with van der Waals surface area (Å²) in [6.45, 7) is 3.45. The van der Waals surface area contributed by atoms with E-state index in [0.717, 1.165) is 6.92 Å². The molecule has 0 aliphatic carbocycles. The molecule has 1 unspecified atom stereocenters. The first-order valence-corrected chi connectivity index (χ1v) is 10.2. The lowest BCUT2D eigenvalue weighted by atomic mass is 10.2. The molecule has 0 bridgehead atoms. The first kappa shape index (κ1) is 30.1. The van der Waals surface area contributed by atoms with Crippen molar-refractivity contribution in [2.75, 3.05) is 13.2 Å². The van der Waals surface area contributed by atoms with Gasteiger partial charge in [0.15, 0.2) is 0 Å². The molecule has 0 saturated heterocycles. The maximum atomic E-state index is 13.7. The predicted molar refractivity (Wildman–Crippen MR) is 92.2 cm³/mol. The van der Waals surface area contributed by atoms with Crippen LogP contribution in [0.2, 0.25) is 0 Å². The Balaban J connectivity index is 5.73. The molecule has 0 radical (unpaired) electrons. The quantitative estimate of drug-likeness (QED) is 0.101. The van der Waals surface area contributed by atoms with Crippen molar-refractivity contribution in [2.45, 2.75) is 62.7 Å². The van der Waals surface area contributed by atoms with Crippen LogP contribution < -0.4 is 0 Å². The fourth-order valence-corrected chi connectivity index (χ4v) is 2.33. The molecule has 0 amide bonds. The van der Waals surface area contributed by atoms with E-state index < -0.39 is 76.8 Å². The molecule has 0 aliphatic rings. The fraction of sp³-hybridized carbons (Fsp3) is 0.750. The van der Waals surface area contributed by atoms with Gasteiger partial charge in [0.25, 0.3) is 0 Å². The first-order chi connectivity index (χ1) is 14.3. The van der Waals surface area contributed by atoms with E-state index in [2.05, 4.69) is 20.8 Å². The van der Waals surface area contributed by atoms with Crippen molar-refractivity contribution in [1.82, 2.24) is 0 Å². The fourth-order valence-electron chi connectivity index (χ4n) is 1.85. The average Bonchev–Trinajstić information content (AvgIpc) is 2.61. The van der Waals surface area contributed by atoms with Gasteiger partial charge in [-0.2, -0.15) is 39.2 Å². The van der Waals surface area contributed by atoms with E-state index in [0.29, 0.717) is 6.42 Å². The number of alkyl halides is 7. The van der Waals surface area contributed by atoms with Gasteiger partial charge >= 0.3 is 45.2 Å². The third-order valence-corrected chi connectivity index (χ3v) is 4.59. The summed E-state index contributed by atoms with van der Waals surface area (Å²) >= 11 is 0. The third kappa shape index (κ3) is 7.03. The SMILES string of the molecule is C=C(C)C(=O)OC(OCCCC(F)(F)C(F)(F)S(=O)(=O)O)(C(=O)OCCCC)C(F)(F)F. The Morgan fingerprint density at radius 3 is 1.94 bits per heavy atom. The lowest BCUT2D eigenvalue weighted by molar-refractivity contribution is -0.355. The largest absolute Gasteiger partial charge is 0.468 e. The van der Waals surface area contributed by atoms with Crippen LogP contribution in [0.1, 0.15) is 39.5 Å². The highest BCUT2D eigenvalue weighted by Crippen LogP contribution is 2.42. The number of hydrogen-bond acceptors (Lipinski definition) is 7. The molecule has 0 aliphatic heterocycles. The van der Waals surface area contributed by atoms with Gasteiger partial charge < -0.3 is 14.2 Å². The van der Waals surface area contributed by atoms with Crippen molar-refractivity contribution in [3.8, 4) is 0 Å². The molecule has 0 aromatic rings. The molecular weight excluding hydrogens is 485 g/mol. The maximum Gasteiger partial charge on any atom is 0.468 e. The molecule has 1 N–H and O–H groups in total. The Morgan fingerprint density at radius 1 is 1.00 bits per heavy atom. The second kappa shape index (κ2) is 10.8. The molecule has 0 aromatic carbocycles. The smallest absolute Gasteiger partial charge is 0.461 e. The van der Waals surface area contributed by atoms with Gasteiger partial charge in [-0.25, -0.2) is 9.59 Å². The third-order valence-electron chi connectivity index (χ3n) is 3.65. The molecule has 0 saturated carbocycles. The van der Waals surface area contributed by atoms with E-state index in [9.17, 15) is 48.7 Å². The molecule has 16 heteroatoms. The highest BCUT2D eigenvalue weighted by molar-refractivity contribution is 7.87. The molecular formula is C16H21F7O8S. The van der Waals surface area contributed by atoms with Crippen LogP contribution >= 0.6 is 0 Å². The van der Waals surface area contributed by atoms with Crippen molar-refractivity contribution in [3.05, 3.63) is 12.2 Å². The van der Waals surface area contributed by atoms with Crippen LogP contribution in [0.3, 0.4) is 0 Å². The van der Waals surface area contributed by atoms with E-state index in [1.54, 1.807) is 6.92 Å². The van der Waals surface area contributed by atoms with Crippen LogP contribution in [-0.4, -0.2) is 61.3 Å². The Bertz CT molecular complexity index is 795. The number of hydrogen-bond donors (Lipinski definition) is 1. The van der Waals surface area contributed by atoms with E-state index in [-0.39, 0.29) is 6.42 Å². The average molecular weight is 506 g/mol. The van der Waals surface area contributed by atoms with Crippen molar-refractivity contribution >= 4 is 22.1 Å². The van der Waals surface area contributed by atoms with Crippen LogP contribution in [0.5, 0.6) is 0 Å². The Morgan fingerprint density at radius 2 is 1.53 bits per heavy atom. The van der Waals surface area contributed by atoms with Crippen molar-refractivity contribution < 1.29 is 67.5 Å². The second-order valence-corrected chi connectivity index (χ2v) is 7.88. The zero-order valence-electron chi connectivity index (χ0n) is 16.8. The standard InChI is InChI=1S/C16H21F7O8S/c1-4-5-8-29-12(25)14(15(19,20)21,31-11(24)10(2)3)30-9-6-7-13(17,18)16(22,23)32(26,27)28/h2,4-9H2,1,3H3,(H,26,27,28). The Hall–Kier alpha value is -1.94. The highest BCUT2D eigenvalue weighted by atomic mass is 32.2. The lowest BCUT2D eigenvalue weighted by Gasteiger charge is -2.32. The van der Waals surface area contributed by atoms with Crippen LogP contribution in [0.15, 0.2) is 12.2 Å². The van der Waals surface area contributed by atoms with Crippen molar-refractivity contribution in [2.24, 2.45) is 0 Å². The molecule has 188 valence electrons. The zero-order chi connectivity index (χ0) is 25.6. The van der Waals surface area contributed by atoms with Crippen molar-refractivity contribution in [1.29, 1.82) is 0 Å². The lowest BCUT2D eigenvalue weighted by Crippen LogP contribution is -2.58. The molecule has 8 nitrogen and oxygen atoms in total. The molecule has 32 heavy (non-hydrogen) atoms. The van der Waals surface area contributed by atoms with E-state index in [4.69, 9.17) is 4.55 Å². The first-order valence-electron chi connectivity index (χ1n) is 8.76. The van der Waals surface area contributed by atoms with E-state index in [1.807, 2.05) is 0 Å². The maximum absolute atomic E-state index is 13.7. The minimum atomic E-state index is -6.56. The van der Waals surface area contributed by atoms with Gasteiger partial charge in [0.1, 0.15) is 0 Å². The number of ether oxygens (including phenoxy) is 3. The van der Waals surface area contributed by atoms with Gasteiger partial charge in [-0.3, -0.25) is 4.55 Å². The summed E-state index contributed by atoms with van der Waals surface area (Å²) in [5.74, 6) is -13.9. The second-order valence-electron chi connectivity index (χ2n) is 6.42. The van der Waals surface area contributed by atoms with Gasteiger partial charge in [0, 0.05) is 12.0 Å². The molecule has 0 rings (SSSR count). The summed E-state index contributed by atoms with van der Waals surface area (Å²) in [5, 5.41) is -5.95. The van der Waals surface area contributed by atoms with Crippen molar-refractivity contribution in [3.63, 3.8) is 0 Å². The number of rotatable bonds is 13. The topological polar surface area (TPSA) is 116 Å². The van der Waals surface area contributed by atoms with Crippen LogP contribution in [-0.2, 0) is 33.9 Å². The zero-order valence-corrected chi connectivity index (χ0v) is 17.6. The highest BCUT2D eigenvalue weighted by Gasteiger charge is 2.68. The predicted octanol–water partition coefficient (Wildman–Crippen LogP) is 3.62. The van der Waals surface area contributed by atoms with Gasteiger partial charge in [-0.05, 0) is 19.8 Å². The molecule has 1 atom stereocenters. The molecule has 0 aromatic heterocycles. The number of halogens is 7. The van der Waals surface area contributed by atoms with Gasteiger partial charge in [-0.15, -0.1) is 0 Å². The number of unbranched alkanes of at least 4 members (excludes halogenated alkanes) is 1. The number of esters is 2. The molecule has 0 heterocycles. The van der Waals surface area contributed by atoms with Gasteiger partial charge in [0.05, 0.1) is 13.2 Å². The van der Waals surface area contributed by atoms with Crippen LogP contribution in [0.4, 0.5) is 30.7 Å². The summed E-state index contributed by atoms with van der Waals surface area (Å²) in [5.41, 5.74) is -0.608. The van der Waals surface area contributed by atoms with Gasteiger partial charge in [0.2, 0.25) is 0 Å².